The third kappa shape index (κ3) is 3.64. The number of para-hydroxylation sites is 1. The van der Waals surface area contributed by atoms with Crippen molar-refractivity contribution in [3.8, 4) is 0 Å². The molecule has 22 heavy (non-hydrogen) atoms. The van der Waals surface area contributed by atoms with Crippen LogP contribution in [0.1, 0.15) is 32.6 Å². The number of hydrogen-bond donors (Lipinski definition) is 2. The fraction of sp³-hybridized carbons (Fsp3) is 0.529. The molecular weight excluding hydrogens is 296 g/mol. The Kier molecular flexibility index (Phi) is 4.71. The second kappa shape index (κ2) is 6.73. The molecule has 0 heterocycles. The Hall–Kier alpha value is -1.49. The Morgan fingerprint density at radius 3 is 2.73 bits per heavy atom. The summed E-state index contributed by atoms with van der Waals surface area (Å²) < 4.78 is 0. The first kappa shape index (κ1) is 15.4. The van der Waals surface area contributed by atoms with Crippen LogP contribution < -0.4 is 10.6 Å². The van der Waals surface area contributed by atoms with Crippen molar-refractivity contribution in [2.45, 2.75) is 43.5 Å². The molecule has 3 unspecified atom stereocenters. The van der Waals surface area contributed by atoms with Gasteiger partial charge in [-0.3, -0.25) is 9.59 Å². The molecule has 2 amide bonds. The van der Waals surface area contributed by atoms with Crippen LogP contribution in [0.4, 0.5) is 5.69 Å². The second-order valence-electron chi connectivity index (χ2n) is 6.31. The van der Waals surface area contributed by atoms with Crippen molar-refractivity contribution in [1.29, 1.82) is 0 Å². The number of carbonyl (C=O) groups is 2. The summed E-state index contributed by atoms with van der Waals surface area (Å²) in [4.78, 5) is 24.3. The summed E-state index contributed by atoms with van der Waals surface area (Å²) in [5, 5.41) is 5.99. The summed E-state index contributed by atoms with van der Waals surface area (Å²) in [6.45, 7) is 1.49. The summed E-state index contributed by atoms with van der Waals surface area (Å²) in [5.74, 6) is 1.93. The number of anilines is 1. The van der Waals surface area contributed by atoms with Crippen molar-refractivity contribution in [3.05, 3.63) is 24.3 Å². The van der Waals surface area contributed by atoms with E-state index in [0.717, 1.165) is 22.9 Å². The molecule has 2 fully saturated rings. The van der Waals surface area contributed by atoms with E-state index < -0.39 is 0 Å². The topological polar surface area (TPSA) is 58.2 Å². The quantitative estimate of drug-likeness (QED) is 0.820. The molecule has 2 N–H and O–H groups in total. The van der Waals surface area contributed by atoms with Crippen molar-refractivity contribution >= 4 is 29.3 Å². The van der Waals surface area contributed by atoms with E-state index in [4.69, 9.17) is 0 Å². The fourth-order valence-corrected chi connectivity index (χ4v) is 4.52. The van der Waals surface area contributed by atoms with Crippen molar-refractivity contribution in [1.82, 2.24) is 5.32 Å². The third-order valence-electron chi connectivity index (χ3n) is 4.64. The first-order valence-electron chi connectivity index (χ1n) is 7.90. The van der Waals surface area contributed by atoms with Gasteiger partial charge in [0.2, 0.25) is 11.8 Å². The molecule has 5 heteroatoms. The number of benzene rings is 1. The molecule has 0 aliphatic heterocycles. The van der Waals surface area contributed by atoms with Crippen LogP contribution in [0.25, 0.3) is 0 Å². The van der Waals surface area contributed by atoms with Gasteiger partial charge in [0.05, 0.1) is 11.4 Å². The molecule has 0 spiro atoms. The minimum atomic E-state index is -0.0977. The molecule has 0 saturated heterocycles. The van der Waals surface area contributed by atoms with Crippen molar-refractivity contribution in [3.63, 3.8) is 0 Å². The van der Waals surface area contributed by atoms with Gasteiger partial charge in [0.25, 0.3) is 0 Å². The lowest BCUT2D eigenvalue weighted by molar-refractivity contribution is -0.119. The Balaban J connectivity index is 1.52. The summed E-state index contributed by atoms with van der Waals surface area (Å²) in [6.07, 6.45) is 5.07. The van der Waals surface area contributed by atoms with E-state index in [1.54, 1.807) is 0 Å². The highest BCUT2D eigenvalue weighted by Crippen LogP contribution is 2.44. The van der Waals surface area contributed by atoms with Crippen LogP contribution in [0.15, 0.2) is 29.2 Å². The molecule has 3 rings (SSSR count). The monoisotopic (exact) mass is 318 g/mol. The smallest absolute Gasteiger partial charge is 0.230 e. The zero-order valence-corrected chi connectivity index (χ0v) is 13.6. The molecule has 1 aromatic rings. The Morgan fingerprint density at radius 2 is 2.05 bits per heavy atom. The zero-order valence-electron chi connectivity index (χ0n) is 12.8. The lowest BCUT2D eigenvalue weighted by Crippen LogP contribution is -2.39. The van der Waals surface area contributed by atoms with E-state index in [2.05, 4.69) is 10.6 Å². The van der Waals surface area contributed by atoms with Gasteiger partial charge in [-0.1, -0.05) is 18.6 Å². The molecule has 2 bridgehead atoms. The minimum Gasteiger partial charge on any atom is -0.352 e. The molecule has 1 aromatic carbocycles. The molecule has 3 atom stereocenters. The zero-order chi connectivity index (χ0) is 15.5. The van der Waals surface area contributed by atoms with E-state index in [-0.39, 0.29) is 11.8 Å². The maximum Gasteiger partial charge on any atom is 0.230 e. The Labute approximate surface area is 135 Å². The number of fused-ring (bicyclic) bond motifs is 2. The first-order valence-corrected chi connectivity index (χ1v) is 8.89. The highest BCUT2D eigenvalue weighted by atomic mass is 32.2. The third-order valence-corrected chi connectivity index (χ3v) is 5.71. The van der Waals surface area contributed by atoms with Crippen LogP contribution in [0, 0.1) is 11.8 Å². The van der Waals surface area contributed by atoms with Crippen LogP contribution in [0.5, 0.6) is 0 Å². The molecular formula is C17H22N2O2S. The standard InChI is InChI=1S/C17H22N2O2S/c1-11(20)18-14-4-2-3-5-16(14)22-10-17(21)19-15-9-12-6-7-13(15)8-12/h2-5,12-13,15H,6-10H2,1H3,(H,18,20)(H,19,21). The molecule has 0 radical (unpaired) electrons. The summed E-state index contributed by atoms with van der Waals surface area (Å²) in [6, 6.07) is 7.97. The maximum atomic E-state index is 12.2. The molecule has 0 aromatic heterocycles. The van der Waals surface area contributed by atoms with Crippen LogP contribution in [0.3, 0.4) is 0 Å². The number of nitrogens with one attached hydrogen (secondary N) is 2. The predicted molar refractivity (Wildman–Crippen MR) is 88.8 cm³/mol. The van der Waals surface area contributed by atoms with Gasteiger partial charge in [-0.05, 0) is 43.2 Å². The van der Waals surface area contributed by atoms with Crippen LogP contribution in [-0.4, -0.2) is 23.6 Å². The molecule has 2 aliphatic carbocycles. The van der Waals surface area contributed by atoms with Gasteiger partial charge < -0.3 is 10.6 Å². The number of carbonyl (C=O) groups excluding carboxylic acids is 2. The van der Waals surface area contributed by atoms with Gasteiger partial charge >= 0.3 is 0 Å². The van der Waals surface area contributed by atoms with Gasteiger partial charge in [-0.2, -0.15) is 0 Å². The largest absolute Gasteiger partial charge is 0.352 e. The summed E-state index contributed by atoms with van der Waals surface area (Å²) >= 11 is 1.47. The van der Waals surface area contributed by atoms with Gasteiger partial charge in [0.15, 0.2) is 0 Å². The van der Waals surface area contributed by atoms with Gasteiger partial charge in [0.1, 0.15) is 0 Å². The average Bonchev–Trinajstić information content (AvgIpc) is 3.08. The molecule has 4 nitrogen and oxygen atoms in total. The van der Waals surface area contributed by atoms with Gasteiger partial charge in [-0.25, -0.2) is 0 Å². The van der Waals surface area contributed by atoms with Crippen molar-refractivity contribution in [2.75, 3.05) is 11.1 Å². The number of thioether (sulfide) groups is 1. The number of hydrogen-bond acceptors (Lipinski definition) is 3. The van der Waals surface area contributed by atoms with E-state index in [9.17, 15) is 9.59 Å². The summed E-state index contributed by atoms with van der Waals surface area (Å²) in [5.41, 5.74) is 0.771. The lowest BCUT2D eigenvalue weighted by atomic mass is 9.95. The van der Waals surface area contributed by atoms with E-state index >= 15 is 0 Å². The van der Waals surface area contributed by atoms with Crippen LogP contribution >= 0.6 is 11.8 Å². The first-order chi connectivity index (χ1) is 10.6. The highest BCUT2D eigenvalue weighted by Gasteiger charge is 2.39. The Morgan fingerprint density at radius 1 is 1.23 bits per heavy atom. The van der Waals surface area contributed by atoms with E-state index in [1.807, 2.05) is 24.3 Å². The van der Waals surface area contributed by atoms with E-state index in [1.165, 1.54) is 37.9 Å². The Bertz CT molecular complexity index is 576. The minimum absolute atomic E-state index is 0.0974. The maximum absolute atomic E-state index is 12.2. The van der Waals surface area contributed by atoms with Gasteiger partial charge in [0, 0.05) is 17.9 Å². The van der Waals surface area contributed by atoms with Crippen molar-refractivity contribution in [2.24, 2.45) is 11.8 Å². The number of rotatable bonds is 5. The fourth-order valence-electron chi connectivity index (χ4n) is 3.70. The number of amides is 2. The van der Waals surface area contributed by atoms with Crippen LogP contribution in [0.2, 0.25) is 0 Å². The van der Waals surface area contributed by atoms with Crippen LogP contribution in [-0.2, 0) is 9.59 Å². The van der Waals surface area contributed by atoms with Crippen molar-refractivity contribution < 1.29 is 9.59 Å². The summed E-state index contributed by atoms with van der Waals surface area (Å²) in [7, 11) is 0. The highest BCUT2D eigenvalue weighted by molar-refractivity contribution is 8.00. The lowest BCUT2D eigenvalue weighted by Gasteiger charge is -2.22. The normalized spacial score (nSPS) is 26.0. The SMILES string of the molecule is CC(=O)Nc1ccccc1SCC(=O)NC1CC2CCC1C2. The van der Waals surface area contributed by atoms with E-state index in [0.29, 0.717) is 17.7 Å². The second-order valence-corrected chi connectivity index (χ2v) is 7.33. The van der Waals surface area contributed by atoms with Gasteiger partial charge in [-0.15, -0.1) is 11.8 Å². The molecule has 2 saturated carbocycles. The molecule has 2 aliphatic rings. The predicted octanol–water partition coefficient (Wildman–Crippen LogP) is 3.04. The molecule has 118 valence electrons. The average molecular weight is 318 g/mol.